The van der Waals surface area contributed by atoms with Crippen LogP contribution in [0.1, 0.15) is 31.2 Å². The third kappa shape index (κ3) is 4.30. The minimum absolute atomic E-state index is 0.0410. The monoisotopic (exact) mass is 290 g/mol. The molecule has 0 aromatic heterocycles. The van der Waals surface area contributed by atoms with Gasteiger partial charge in [-0.2, -0.15) is 0 Å². The van der Waals surface area contributed by atoms with Crippen LogP contribution >= 0.6 is 12.2 Å². The van der Waals surface area contributed by atoms with E-state index in [-0.39, 0.29) is 10.9 Å². The van der Waals surface area contributed by atoms with Crippen molar-refractivity contribution in [3.63, 3.8) is 0 Å². The molecule has 1 aliphatic carbocycles. The normalized spacial score (nSPS) is 16.2. The van der Waals surface area contributed by atoms with E-state index in [0.717, 1.165) is 24.4 Å². The van der Waals surface area contributed by atoms with Crippen LogP contribution in [0.4, 0.5) is 0 Å². The van der Waals surface area contributed by atoms with Gasteiger partial charge in [-0.1, -0.05) is 61.8 Å². The van der Waals surface area contributed by atoms with Gasteiger partial charge in [-0.15, -0.1) is 0 Å². The Morgan fingerprint density at radius 2 is 2.05 bits per heavy atom. The Labute approximate surface area is 125 Å². The maximum atomic E-state index is 12.2. The van der Waals surface area contributed by atoms with Crippen molar-refractivity contribution >= 4 is 23.1 Å². The molecule has 1 aromatic carbocycles. The van der Waals surface area contributed by atoms with Crippen LogP contribution in [0.2, 0.25) is 0 Å². The van der Waals surface area contributed by atoms with Crippen LogP contribution in [0.25, 0.3) is 0 Å². The lowest BCUT2D eigenvalue weighted by Crippen LogP contribution is -2.40. The topological polar surface area (TPSA) is 55.1 Å². The number of thiocarbonyl (C=S) groups is 1. The van der Waals surface area contributed by atoms with E-state index in [4.69, 9.17) is 18.0 Å². The molecule has 4 heteroatoms. The molecule has 0 spiro atoms. The molecule has 0 bridgehead atoms. The second-order valence-electron chi connectivity index (χ2n) is 5.52. The van der Waals surface area contributed by atoms with Crippen LogP contribution in [0.5, 0.6) is 0 Å². The van der Waals surface area contributed by atoms with E-state index in [9.17, 15) is 4.79 Å². The first-order valence-corrected chi connectivity index (χ1v) is 7.68. The fourth-order valence-corrected chi connectivity index (χ4v) is 2.67. The van der Waals surface area contributed by atoms with Crippen LogP contribution in [-0.4, -0.2) is 17.4 Å². The molecule has 2 rings (SSSR count). The van der Waals surface area contributed by atoms with Gasteiger partial charge < -0.3 is 11.1 Å². The largest absolute Gasteiger partial charge is 0.393 e. The predicted octanol–water partition coefficient (Wildman–Crippen LogP) is 2.44. The second kappa shape index (κ2) is 7.39. The highest BCUT2D eigenvalue weighted by Gasteiger charge is 2.22. The van der Waals surface area contributed by atoms with Crippen molar-refractivity contribution in [3.8, 4) is 0 Å². The summed E-state index contributed by atoms with van der Waals surface area (Å²) >= 11 is 5.05. The van der Waals surface area contributed by atoms with E-state index < -0.39 is 5.92 Å². The Bertz CT molecular complexity index is 457. The summed E-state index contributed by atoms with van der Waals surface area (Å²) in [5.41, 5.74) is 6.81. The van der Waals surface area contributed by atoms with Crippen molar-refractivity contribution in [3.05, 3.63) is 35.9 Å². The second-order valence-corrected chi connectivity index (χ2v) is 5.99. The molecule has 20 heavy (non-hydrogen) atoms. The molecule has 108 valence electrons. The lowest BCUT2D eigenvalue weighted by molar-refractivity contribution is -0.123. The fourth-order valence-electron chi connectivity index (χ4n) is 2.48. The van der Waals surface area contributed by atoms with Gasteiger partial charge in [-0.25, -0.2) is 0 Å². The van der Waals surface area contributed by atoms with Gasteiger partial charge in [0.15, 0.2) is 0 Å². The predicted molar refractivity (Wildman–Crippen MR) is 85.4 cm³/mol. The molecule has 0 radical (unpaired) electrons. The van der Waals surface area contributed by atoms with E-state index >= 15 is 0 Å². The maximum Gasteiger partial charge on any atom is 0.230 e. The highest BCUT2D eigenvalue weighted by atomic mass is 32.1. The molecule has 1 amide bonds. The number of hydrogen-bond donors (Lipinski definition) is 2. The SMILES string of the molecule is NC(=S)C(Cc1ccccc1)C(=O)NCCC1CCC1. The molecule has 1 aliphatic rings. The van der Waals surface area contributed by atoms with Crippen LogP contribution in [0, 0.1) is 11.8 Å². The van der Waals surface area contributed by atoms with Gasteiger partial charge in [0.05, 0.1) is 10.9 Å². The molecule has 1 aromatic rings. The summed E-state index contributed by atoms with van der Waals surface area (Å²) in [5, 5.41) is 2.98. The van der Waals surface area contributed by atoms with Crippen molar-refractivity contribution in [2.45, 2.75) is 32.1 Å². The van der Waals surface area contributed by atoms with Crippen molar-refractivity contribution in [2.75, 3.05) is 6.54 Å². The molecule has 1 saturated carbocycles. The number of amides is 1. The first-order chi connectivity index (χ1) is 9.66. The number of carbonyl (C=O) groups is 1. The van der Waals surface area contributed by atoms with E-state index in [1.54, 1.807) is 0 Å². The number of rotatable bonds is 7. The molecule has 1 fully saturated rings. The summed E-state index contributed by atoms with van der Waals surface area (Å²) in [7, 11) is 0. The summed E-state index contributed by atoms with van der Waals surface area (Å²) in [5.74, 6) is 0.349. The Morgan fingerprint density at radius 1 is 1.35 bits per heavy atom. The summed E-state index contributed by atoms with van der Waals surface area (Å²) in [6.45, 7) is 0.734. The Hall–Kier alpha value is -1.42. The Balaban J connectivity index is 1.83. The van der Waals surface area contributed by atoms with Gasteiger partial charge in [0.2, 0.25) is 5.91 Å². The fraction of sp³-hybridized carbons (Fsp3) is 0.500. The molecule has 0 saturated heterocycles. The summed E-state index contributed by atoms with van der Waals surface area (Å²) < 4.78 is 0. The number of benzene rings is 1. The molecule has 3 N–H and O–H groups in total. The molecule has 1 unspecified atom stereocenters. The maximum absolute atomic E-state index is 12.2. The lowest BCUT2D eigenvalue weighted by atomic mass is 9.83. The Morgan fingerprint density at radius 3 is 2.60 bits per heavy atom. The van der Waals surface area contributed by atoms with E-state index in [0.29, 0.717) is 6.42 Å². The number of nitrogens with two attached hydrogens (primary N) is 1. The lowest BCUT2D eigenvalue weighted by Gasteiger charge is -2.25. The van der Waals surface area contributed by atoms with Crippen molar-refractivity contribution in [2.24, 2.45) is 17.6 Å². The quantitative estimate of drug-likeness (QED) is 0.758. The van der Waals surface area contributed by atoms with Crippen LogP contribution < -0.4 is 11.1 Å². The van der Waals surface area contributed by atoms with Gasteiger partial charge >= 0.3 is 0 Å². The van der Waals surface area contributed by atoms with Crippen LogP contribution in [0.15, 0.2) is 30.3 Å². The zero-order valence-electron chi connectivity index (χ0n) is 11.7. The molecule has 3 nitrogen and oxygen atoms in total. The van der Waals surface area contributed by atoms with Gasteiger partial charge in [-0.05, 0) is 24.3 Å². The van der Waals surface area contributed by atoms with Crippen molar-refractivity contribution < 1.29 is 4.79 Å². The third-order valence-corrected chi connectivity index (χ3v) is 4.30. The van der Waals surface area contributed by atoms with Crippen molar-refractivity contribution in [1.82, 2.24) is 5.32 Å². The van der Waals surface area contributed by atoms with Crippen molar-refractivity contribution in [1.29, 1.82) is 0 Å². The number of nitrogens with one attached hydrogen (secondary N) is 1. The minimum Gasteiger partial charge on any atom is -0.393 e. The highest BCUT2D eigenvalue weighted by Crippen LogP contribution is 2.28. The summed E-state index contributed by atoms with van der Waals surface area (Å²) in [4.78, 5) is 12.5. The zero-order valence-corrected chi connectivity index (χ0v) is 12.5. The van der Waals surface area contributed by atoms with E-state index in [1.165, 1.54) is 19.3 Å². The van der Waals surface area contributed by atoms with E-state index in [1.807, 2.05) is 30.3 Å². The first kappa shape index (κ1) is 15.0. The van der Waals surface area contributed by atoms with Gasteiger partial charge in [0.1, 0.15) is 0 Å². The third-order valence-electron chi connectivity index (χ3n) is 4.02. The average molecular weight is 290 g/mol. The van der Waals surface area contributed by atoms with Crippen LogP contribution in [-0.2, 0) is 11.2 Å². The number of hydrogen-bond acceptors (Lipinski definition) is 2. The summed E-state index contributed by atoms with van der Waals surface area (Å²) in [6.07, 6.45) is 5.59. The van der Waals surface area contributed by atoms with Gasteiger partial charge in [0, 0.05) is 6.54 Å². The number of carbonyl (C=O) groups excluding carboxylic acids is 1. The highest BCUT2D eigenvalue weighted by molar-refractivity contribution is 7.80. The smallest absolute Gasteiger partial charge is 0.230 e. The molecule has 1 atom stereocenters. The van der Waals surface area contributed by atoms with Crippen LogP contribution in [0.3, 0.4) is 0 Å². The summed E-state index contributed by atoms with van der Waals surface area (Å²) in [6, 6.07) is 9.86. The molecule has 0 aliphatic heterocycles. The van der Waals surface area contributed by atoms with Gasteiger partial charge in [-0.3, -0.25) is 4.79 Å². The average Bonchev–Trinajstić information content (AvgIpc) is 2.39. The minimum atomic E-state index is -0.409. The molecular formula is C16H22N2OS. The molecule has 0 heterocycles. The van der Waals surface area contributed by atoms with E-state index in [2.05, 4.69) is 5.32 Å². The standard InChI is InChI=1S/C16H22N2OS/c17-15(20)14(11-13-5-2-1-3-6-13)16(19)18-10-9-12-7-4-8-12/h1-3,5-6,12,14H,4,7-11H2,(H2,17,20)(H,18,19). The molecular weight excluding hydrogens is 268 g/mol. The van der Waals surface area contributed by atoms with Gasteiger partial charge in [0.25, 0.3) is 0 Å². The first-order valence-electron chi connectivity index (χ1n) is 7.28. The zero-order chi connectivity index (χ0) is 14.4. The Kier molecular flexibility index (Phi) is 5.53.